The zero-order chi connectivity index (χ0) is 20.0. The van der Waals surface area contributed by atoms with Gasteiger partial charge in [-0.1, -0.05) is 18.6 Å². The molecule has 0 amide bonds. The largest absolute Gasteiger partial charge is 0.491 e. The zero-order valence-corrected chi connectivity index (χ0v) is 16.1. The number of carboxylic acids is 1. The standard InChI is InChI=1S/C22H25FO4/c1-5-15(4)27-19-9-7-18(8-10-19)26-13-16-12-17(23)6-11-20(16)21(14(2)3)22(24)25/h6-12,15H,5,13H2,1-4H3,(H,24,25). The van der Waals surface area contributed by atoms with E-state index in [9.17, 15) is 14.3 Å². The highest BCUT2D eigenvalue weighted by atomic mass is 19.1. The Labute approximate surface area is 159 Å². The molecule has 2 rings (SSSR count). The minimum atomic E-state index is -1.05. The van der Waals surface area contributed by atoms with Crippen LogP contribution >= 0.6 is 0 Å². The molecule has 1 N–H and O–H groups in total. The molecule has 5 heteroatoms. The first-order valence-corrected chi connectivity index (χ1v) is 8.90. The highest BCUT2D eigenvalue weighted by Gasteiger charge is 2.17. The smallest absolute Gasteiger partial charge is 0.336 e. The molecule has 1 atom stereocenters. The van der Waals surface area contributed by atoms with Gasteiger partial charge in [-0.2, -0.15) is 0 Å². The van der Waals surface area contributed by atoms with Gasteiger partial charge in [-0.3, -0.25) is 0 Å². The molecule has 0 saturated carbocycles. The lowest BCUT2D eigenvalue weighted by Crippen LogP contribution is -2.09. The van der Waals surface area contributed by atoms with Gasteiger partial charge in [0.15, 0.2) is 0 Å². The zero-order valence-electron chi connectivity index (χ0n) is 16.1. The number of halogens is 1. The normalized spacial score (nSPS) is 11.6. The lowest BCUT2D eigenvalue weighted by molar-refractivity contribution is -0.130. The number of benzene rings is 2. The van der Waals surface area contributed by atoms with Crippen LogP contribution in [0.15, 0.2) is 48.0 Å². The number of allylic oxidation sites excluding steroid dienone is 1. The summed E-state index contributed by atoms with van der Waals surface area (Å²) < 4.78 is 25.2. The van der Waals surface area contributed by atoms with Crippen molar-refractivity contribution in [3.05, 3.63) is 65.0 Å². The molecule has 0 aromatic heterocycles. The third kappa shape index (κ3) is 5.58. The summed E-state index contributed by atoms with van der Waals surface area (Å²) in [5.41, 5.74) is 1.74. The molecule has 27 heavy (non-hydrogen) atoms. The maximum absolute atomic E-state index is 13.7. The van der Waals surface area contributed by atoms with Crippen LogP contribution in [-0.4, -0.2) is 17.2 Å². The van der Waals surface area contributed by atoms with Gasteiger partial charge in [0.2, 0.25) is 0 Å². The van der Waals surface area contributed by atoms with Gasteiger partial charge < -0.3 is 14.6 Å². The molecule has 1 unspecified atom stereocenters. The Kier molecular flexibility index (Phi) is 6.99. The van der Waals surface area contributed by atoms with Crippen molar-refractivity contribution < 1.29 is 23.8 Å². The second-order valence-electron chi connectivity index (χ2n) is 6.58. The second-order valence-corrected chi connectivity index (χ2v) is 6.58. The van der Waals surface area contributed by atoms with Crippen molar-refractivity contribution in [2.24, 2.45) is 0 Å². The number of hydrogen-bond donors (Lipinski definition) is 1. The molecule has 0 heterocycles. The second kappa shape index (κ2) is 9.21. The first kappa shape index (κ1) is 20.5. The molecule has 0 saturated heterocycles. The van der Waals surface area contributed by atoms with Crippen LogP contribution in [0.1, 0.15) is 45.2 Å². The van der Waals surface area contributed by atoms with Crippen molar-refractivity contribution in [3.8, 4) is 11.5 Å². The lowest BCUT2D eigenvalue weighted by atomic mass is 9.96. The van der Waals surface area contributed by atoms with Crippen LogP contribution in [0.2, 0.25) is 0 Å². The van der Waals surface area contributed by atoms with Crippen LogP contribution in [0.3, 0.4) is 0 Å². The topological polar surface area (TPSA) is 55.8 Å². The van der Waals surface area contributed by atoms with Crippen LogP contribution in [0.25, 0.3) is 5.57 Å². The fraction of sp³-hybridized carbons (Fsp3) is 0.318. The fourth-order valence-electron chi connectivity index (χ4n) is 2.62. The summed E-state index contributed by atoms with van der Waals surface area (Å²) in [6.07, 6.45) is 1.04. The van der Waals surface area contributed by atoms with Crippen LogP contribution in [0.5, 0.6) is 11.5 Å². The predicted molar refractivity (Wildman–Crippen MR) is 103 cm³/mol. The van der Waals surface area contributed by atoms with E-state index >= 15 is 0 Å². The van der Waals surface area contributed by atoms with Crippen molar-refractivity contribution in [2.75, 3.05) is 0 Å². The van der Waals surface area contributed by atoms with Crippen LogP contribution in [0.4, 0.5) is 4.39 Å². The Morgan fingerprint density at radius 3 is 2.30 bits per heavy atom. The Balaban J connectivity index is 2.19. The third-order valence-corrected chi connectivity index (χ3v) is 4.18. The number of aliphatic carboxylic acids is 1. The van der Waals surface area contributed by atoms with Crippen molar-refractivity contribution in [1.29, 1.82) is 0 Å². The number of rotatable bonds is 8. The minimum Gasteiger partial charge on any atom is -0.491 e. The van der Waals surface area contributed by atoms with Crippen molar-refractivity contribution in [2.45, 2.75) is 46.8 Å². The van der Waals surface area contributed by atoms with E-state index in [1.807, 2.05) is 19.1 Å². The molecule has 0 aliphatic rings. The van der Waals surface area contributed by atoms with Gasteiger partial charge in [0.25, 0.3) is 0 Å². The summed E-state index contributed by atoms with van der Waals surface area (Å²) in [4.78, 5) is 11.6. The molecule has 0 aliphatic carbocycles. The van der Waals surface area contributed by atoms with E-state index in [0.717, 1.165) is 12.2 Å². The van der Waals surface area contributed by atoms with Gasteiger partial charge in [-0.25, -0.2) is 9.18 Å². The fourth-order valence-corrected chi connectivity index (χ4v) is 2.62. The monoisotopic (exact) mass is 372 g/mol. The maximum Gasteiger partial charge on any atom is 0.336 e. The molecular weight excluding hydrogens is 347 g/mol. The molecule has 144 valence electrons. The summed E-state index contributed by atoms with van der Waals surface area (Å²) in [7, 11) is 0. The molecule has 4 nitrogen and oxygen atoms in total. The van der Waals surface area contributed by atoms with Crippen molar-refractivity contribution in [3.63, 3.8) is 0 Å². The average molecular weight is 372 g/mol. The summed E-state index contributed by atoms with van der Waals surface area (Å²) in [6, 6.07) is 11.2. The number of ether oxygens (including phenoxy) is 2. The van der Waals surface area contributed by atoms with Gasteiger partial charge in [-0.15, -0.1) is 0 Å². The molecule has 2 aromatic rings. The van der Waals surface area contributed by atoms with Gasteiger partial charge in [0, 0.05) is 5.56 Å². The molecule has 0 fully saturated rings. The van der Waals surface area contributed by atoms with E-state index in [2.05, 4.69) is 6.92 Å². The van der Waals surface area contributed by atoms with Gasteiger partial charge >= 0.3 is 5.97 Å². The Morgan fingerprint density at radius 1 is 1.11 bits per heavy atom. The van der Waals surface area contributed by atoms with Gasteiger partial charge in [-0.05, 0) is 69.2 Å². The van der Waals surface area contributed by atoms with E-state index in [4.69, 9.17) is 9.47 Å². The first-order valence-electron chi connectivity index (χ1n) is 8.90. The maximum atomic E-state index is 13.7. The Bertz CT molecular complexity index is 821. The van der Waals surface area contributed by atoms with E-state index in [1.165, 1.54) is 18.2 Å². The lowest BCUT2D eigenvalue weighted by Gasteiger charge is -2.15. The van der Waals surface area contributed by atoms with Crippen molar-refractivity contribution in [1.82, 2.24) is 0 Å². The molecule has 0 spiro atoms. The quantitative estimate of drug-likeness (QED) is 0.625. The molecule has 2 aromatic carbocycles. The average Bonchev–Trinajstić information content (AvgIpc) is 2.62. The number of carboxylic acid groups (broad SMARTS) is 1. The van der Waals surface area contributed by atoms with Gasteiger partial charge in [0.1, 0.15) is 23.9 Å². The predicted octanol–water partition coefficient (Wildman–Crippen LogP) is 5.46. The summed E-state index contributed by atoms with van der Waals surface area (Å²) in [6.45, 7) is 7.54. The van der Waals surface area contributed by atoms with Gasteiger partial charge in [0.05, 0.1) is 11.7 Å². The summed E-state index contributed by atoms with van der Waals surface area (Å²) in [5, 5.41) is 9.49. The minimum absolute atomic E-state index is 0.0583. The van der Waals surface area contributed by atoms with E-state index in [0.29, 0.717) is 22.4 Å². The van der Waals surface area contributed by atoms with E-state index in [1.54, 1.807) is 26.0 Å². The molecule has 0 aliphatic heterocycles. The van der Waals surface area contributed by atoms with Crippen LogP contribution in [0, 0.1) is 5.82 Å². The highest BCUT2D eigenvalue weighted by molar-refractivity contribution is 6.16. The number of hydrogen-bond acceptors (Lipinski definition) is 3. The van der Waals surface area contributed by atoms with Crippen LogP contribution < -0.4 is 9.47 Å². The Morgan fingerprint density at radius 2 is 1.74 bits per heavy atom. The molecule has 0 radical (unpaired) electrons. The SMILES string of the molecule is CCC(C)Oc1ccc(OCc2cc(F)ccc2C(C(=O)O)=C(C)C)cc1. The molecule has 0 bridgehead atoms. The molecular formula is C22H25FO4. The van der Waals surface area contributed by atoms with E-state index in [-0.39, 0.29) is 18.3 Å². The Hall–Kier alpha value is -2.82. The number of carbonyl (C=O) groups is 1. The van der Waals surface area contributed by atoms with Crippen LogP contribution in [-0.2, 0) is 11.4 Å². The summed E-state index contributed by atoms with van der Waals surface area (Å²) >= 11 is 0. The third-order valence-electron chi connectivity index (χ3n) is 4.18. The van der Waals surface area contributed by atoms with E-state index < -0.39 is 11.8 Å². The van der Waals surface area contributed by atoms with Crippen molar-refractivity contribution >= 4 is 11.5 Å². The highest BCUT2D eigenvalue weighted by Crippen LogP contribution is 2.26. The summed E-state index contributed by atoms with van der Waals surface area (Å²) in [5.74, 6) is -0.140. The first-order chi connectivity index (χ1) is 12.8.